The summed E-state index contributed by atoms with van der Waals surface area (Å²) in [6.07, 6.45) is -0.917. The van der Waals surface area contributed by atoms with Crippen molar-refractivity contribution in [3.05, 3.63) is 29.0 Å². The van der Waals surface area contributed by atoms with Gasteiger partial charge in [0.15, 0.2) is 0 Å². The molecule has 3 nitrogen and oxygen atoms in total. The zero-order valence-corrected chi connectivity index (χ0v) is 12.1. The lowest BCUT2D eigenvalue weighted by Crippen LogP contribution is -2.09. The second kappa shape index (κ2) is 6.39. The van der Waals surface area contributed by atoms with E-state index in [2.05, 4.69) is 31.2 Å². The molecule has 0 amide bonds. The van der Waals surface area contributed by atoms with E-state index in [0.717, 1.165) is 15.7 Å². The van der Waals surface area contributed by atoms with Gasteiger partial charge in [0.05, 0.1) is 11.2 Å². The summed E-state index contributed by atoms with van der Waals surface area (Å²) >= 11 is 3.32. The Morgan fingerprint density at radius 1 is 1.20 bits per heavy atom. The Balaban J connectivity index is 1.93. The lowest BCUT2D eigenvalue weighted by atomic mass is 10.2. The minimum Gasteiger partial charge on any atom is -0.383 e. The maximum atomic E-state index is 12.0. The molecule has 0 fully saturated rings. The van der Waals surface area contributed by atoms with Crippen LogP contribution < -0.4 is 5.32 Å². The Bertz CT molecular complexity index is 587. The number of alkyl halides is 3. The number of unbranched alkanes of at least 4 members (excludes halogenated alkanes) is 1. The highest BCUT2D eigenvalue weighted by atomic mass is 79.9. The first-order chi connectivity index (χ1) is 9.46. The number of anilines is 1. The molecule has 0 spiro atoms. The molecule has 0 aliphatic rings. The number of halogens is 4. The Kier molecular flexibility index (Phi) is 4.80. The van der Waals surface area contributed by atoms with Crippen molar-refractivity contribution in [2.75, 3.05) is 11.9 Å². The van der Waals surface area contributed by atoms with Crippen LogP contribution in [0.1, 0.15) is 19.3 Å². The molecular formula is C13H13BrF3N3. The van der Waals surface area contributed by atoms with Crippen molar-refractivity contribution >= 4 is 32.7 Å². The number of hydrogen-bond donors (Lipinski definition) is 1. The molecule has 0 saturated heterocycles. The fourth-order valence-corrected chi connectivity index (χ4v) is 2.14. The molecular weight excluding hydrogens is 335 g/mol. The van der Waals surface area contributed by atoms with E-state index in [9.17, 15) is 13.2 Å². The molecule has 2 aromatic heterocycles. The summed E-state index contributed by atoms with van der Waals surface area (Å²) in [4.78, 5) is 8.47. The quantitative estimate of drug-likeness (QED) is 0.807. The predicted octanol–water partition coefficient (Wildman–Crippen LogP) is 4.54. The fourth-order valence-electron chi connectivity index (χ4n) is 1.82. The van der Waals surface area contributed by atoms with Gasteiger partial charge in [0.25, 0.3) is 0 Å². The first kappa shape index (κ1) is 15.0. The van der Waals surface area contributed by atoms with Crippen LogP contribution in [-0.4, -0.2) is 22.7 Å². The van der Waals surface area contributed by atoms with E-state index in [1.807, 2.05) is 6.07 Å². The Morgan fingerprint density at radius 3 is 2.75 bits per heavy atom. The van der Waals surface area contributed by atoms with Gasteiger partial charge in [-0.05, 0) is 40.9 Å². The van der Waals surface area contributed by atoms with Gasteiger partial charge < -0.3 is 5.32 Å². The van der Waals surface area contributed by atoms with Crippen LogP contribution in [0, 0.1) is 0 Å². The van der Waals surface area contributed by atoms with Crippen LogP contribution >= 0.6 is 15.9 Å². The van der Waals surface area contributed by atoms with Crippen molar-refractivity contribution in [2.24, 2.45) is 0 Å². The van der Waals surface area contributed by atoms with E-state index in [-0.39, 0.29) is 6.42 Å². The molecule has 20 heavy (non-hydrogen) atoms. The van der Waals surface area contributed by atoms with Crippen LogP contribution in [0.25, 0.3) is 11.0 Å². The first-order valence-electron chi connectivity index (χ1n) is 6.16. The van der Waals surface area contributed by atoms with Crippen LogP contribution in [0.15, 0.2) is 29.0 Å². The molecule has 0 saturated carbocycles. The van der Waals surface area contributed by atoms with Gasteiger partial charge in [-0.3, -0.25) is 9.97 Å². The Morgan fingerprint density at radius 2 is 2.00 bits per heavy atom. The van der Waals surface area contributed by atoms with Gasteiger partial charge in [-0.1, -0.05) is 0 Å². The van der Waals surface area contributed by atoms with Crippen LogP contribution in [0.4, 0.5) is 18.9 Å². The molecule has 2 aromatic rings. The van der Waals surface area contributed by atoms with Gasteiger partial charge in [0.1, 0.15) is 5.52 Å². The SMILES string of the molecule is FC(F)(F)CCCCNc1ccnc2cc(Br)cnc12. The molecule has 0 radical (unpaired) electrons. The molecule has 1 N–H and O–H groups in total. The standard InChI is InChI=1S/C13H13BrF3N3/c14-9-7-11-12(20-8-9)10(3-6-19-11)18-5-2-1-4-13(15,16)17/h3,6-8H,1-2,4-5H2,(H,18,19). The van der Waals surface area contributed by atoms with Gasteiger partial charge in [0.2, 0.25) is 0 Å². The number of fused-ring (bicyclic) bond motifs is 1. The maximum absolute atomic E-state index is 12.0. The van der Waals surface area contributed by atoms with E-state index in [1.54, 1.807) is 18.5 Å². The smallest absolute Gasteiger partial charge is 0.383 e. The van der Waals surface area contributed by atoms with Crippen molar-refractivity contribution in [3.8, 4) is 0 Å². The van der Waals surface area contributed by atoms with Crippen molar-refractivity contribution in [2.45, 2.75) is 25.4 Å². The van der Waals surface area contributed by atoms with Gasteiger partial charge in [-0.15, -0.1) is 0 Å². The number of hydrogen-bond acceptors (Lipinski definition) is 3. The van der Waals surface area contributed by atoms with Crippen molar-refractivity contribution in [1.82, 2.24) is 9.97 Å². The number of rotatable bonds is 5. The van der Waals surface area contributed by atoms with Crippen LogP contribution in [0.3, 0.4) is 0 Å². The molecule has 0 aliphatic heterocycles. The molecule has 0 bridgehead atoms. The van der Waals surface area contributed by atoms with Gasteiger partial charge in [-0.25, -0.2) is 0 Å². The van der Waals surface area contributed by atoms with Gasteiger partial charge in [-0.2, -0.15) is 13.2 Å². The molecule has 2 heterocycles. The normalized spacial score (nSPS) is 11.8. The first-order valence-corrected chi connectivity index (χ1v) is 6.96. The second-order valence-electron chi connectivity index (χ2n) is 4.38. The number of nitrogens with one attached hydrogen (secondary N) is 1. The number of aromatic nitrogens is 2. The third kappa shape index (κ3) is 4.33. The van der Waals surface area contributed by atoms with E-state index in [1.165, 1.54) is 0 Å². The molecule has 0 aromatic carbocycles. The van der Waals surface area contributed by atoms with E-state index in [4.69, 9.17) is 0 Å². The minimum atomic E-state index is -4.07. The lowest BCUT2D eigenvalue weighted by Gasteiger charge is -2.09. The van der Waals surface area contributed by atoms with E-state index < -0.39 is 12.6 Å². The third-order valence-corrected chi connectivity index (χ3v) is 3.18. The molecule has 0 atom stereocenters. The fraction of sp³-hybridized carbons (Fsp3) is 0.385. The monoisotopic (exact) mass is 347 g/mol. The topological polar surface area (TPSA) is 37.8 Å². The summed E-state index contributed by atoms with van der Waals surface area (Å²) in [7, 11) is 0. The number of pyridine rings is 2. The largest absolute Gasteiger partial charge is 0.389 e. The van der Waals surface area contributed by atoms with E-state index >= 15 is 0 Å². The average molecular weight is 348 g/mol. The van der Waals surface area contributed by atoms with Gasteiger partial charge >= 0.3 is 6.18 Å². The number of nitrogens with zero attached hydrogens (tertiary/aromatic N) is 2. The molecule has 0 aliphatic carbocycles. The summed E-state index contributed by atoms with van der Waals surface area (Å²) < 4.78 is 36.9. The molecule has 0 unspecified atom stereocenters. The molecule has 7 heteroatoms. The predicted molar refractivity (Wildman–Crippen MR) is 75.6 cm³/mol. The summed E-state index contributed by atoms with van der Waals surface area (Å²) in [6.45, 7) is 0.479. The highest BCUT2D eigenvalue weighted by Gasteiger charge is 2.25. The van der Waals surface area contributed by atoms with Crippen LogP contribution in [-0.2, 0) is 0 Å². The highest BCUT2D eigenvalue weighted by molar-refractivity contribution is 9.10. The van der Waals surface area contributed by atoms with Crippen LogP contribution in [0.2, 0.25) is 0 Å². The second-order valence-corrected chi connectivity index (χ2v) is 5.29. The maximum Gasteiger partial charge on any atom is 0.389 e. The summed E-state index contributed by atoms with van der Waals surface area (Å²) in [6, 6.07) is 3.62. The summed E-state index contributed by atoms with van der Waals surface area (Å²) in [5, 5.41) is 3.11. The van der Waals surface area contributed by atoms with Crippen molar-refractivity contribution in [3.63, 3.8) is 0 Å². The van der Waals surface area contributed by atoms with Crippen LogP contribution in [0.5, 0.6) is 0 Å². The average Bonchev–Trinajstić information content (AvgIpc) is 2.36. The van der Waals surface area contributed by atoms with Gasteiger partial charge in [0, 0.05) is 29.8 Å². The lowest BCUT2D eigenvalue weighted by molar-refractivity contribution is -0.135. The Labute approximate surface area is 122 Å². The highest BCUT2D eigenvalue weighted by Crippen LogP contribution is 2.23. The summed E-state index contributed by atoms with van der Waals surface area (Å²) in [5.74, 6) is 0. The third-order valence-electron chi connectivity index (χ3n) is 2.75. The van der Waals surface area contributed by atoms with E-state index in [0.29, 0.717) is 18.5 Å². The molecule has 2 rings (SSSR count). The Hall–Kier alpha value is -1.37. The zero-order valence-electron chi connectivity index (χ0n) is 10.5. The zero-order chi connectivity index (χ0) is 14.6. The minimum absolute atomic E-state index is 0.124. The summed E-state index contributed by atoms with van der Waals surface area (Å²) in [5.41, 5.74) is 2.24. The molecule has 108 valence electrons. The van der Waals surface area contributed by atoms with Crippen molar-refractivity contribution < 1.29 is 13.2 Å². The van der Waals surface area contributed by atoms with Crippen molar-refractivity contribution in [1.29, 1.82) is 0 Å².